The van der Waals surface area contributed by atoms with Crippen molar-refractivity contribution in [2.45, 2.75) is 44.9 Å². The van der Waals surface area contributed by atoms with Crippen molar-refractivity contribution in [3.63, 3.8) is 0 Å². The van der Waals surface area contributed by atoms with Gasteiger partial charge in [0, 0.05) is 19.2 Å². The molecule has 3 nitrogen and oxygen atoms in total. The molecule has 3 unspecified atom stereocenters. The van der Waals surface area contributed by atoms with Gasteiger partial charge in [0.05, 0.1) is 12.2 Å². The van der Waals surface area contributed by atoms with Crippen LogP contribution in [0.5, 0.6) is 0 Å². The monoisotopic (exact) mass is 277 g/mol. The van der Waals surface area contributed by atoms with Gasteiger partial charge in [0.15, 0.2) is 0 Å². The Labute approximate surface area is 122 Å². The minimum Gasteiger partial charge on any atom is -0.387 e. The Balaban J connectivity index is 2.05. The van der Waals surface area contributed by atoms with Crippen molar-refractivity contribution in [1.29, 1.82) is 0 Å². The summed E-state index contributed by atoms with van der Waals surface area (Å²) in [5.74, 6) is 0.386. The van der Waals surface area contributed by atoms with Gasteiger partial charge in [-0.25, -0.2) is 0 Å². The molecule has 112 valence electrons. The normalized spacial score (nSPS) is 22.4. The van der Waals surface area contributed by atoms with Crippen molar-refractivity contribution in [3.8, 4) is 0 Å². The summed E-state index contributed by atoms with van der Waals surface area (Å²) in [6.07, 6.45) is 2.16. The molecule has 1 fully saturated rings. The second-order valence-electron chi connectivity index (χ2n) is 6.16. The van der Waals surface area contributed by atoms with Crippen molar-refractivity contribution in [2.75, 3.05) is 20.2 Å². The van der Waals surface area contributed by atoms with Crippen LogP contribution in [0, 0.1) is 5.92 Å². The minimum absolute atomic E-state index is 0.113. The highest BCUT2D eigenvalue weighted by Gasteiger charge is 2.30. The first-order chi connectivity index (χ1) is 9.59. The van der Waals surface area contributed by atoms with Crippen molar-refractivity contribution < 1.29 is 9.84 Å². The Morgan fingerprint density at radius 1 is 1.30 bits per heavy atom. The number of hydrogen-bond donors (Lipinski definition) is 1. The molecule has 1 aliphatic heterocycles. The highest BCUT2D eigenvalue weighted by atomic mass is 16.5. The Morgan fingerprint density at radius 2 is 2.00 bits per heavy atom. The summed E-state index contributed by atoms with van der Waals surface area (Å²) in [6.45, 7) is 6.12. The van der Waals surface area contributed by atoms with Crippen LogP contribution in [-0.2, 0) is 4.74 Å². The molecule has 1 heterocycles. The highest BCUT2D eigenvalue weighted by molar-refractivity contribution is 5.19. The number of hydrogen-bond acceptors (Lipinski definition) is 3. The van der Waals surface area contributed by atoms with E-state index >= 15 is 0 Å². The molecule has 0 aromatic heterocycles. The minimum atomic E-state index is -0.456. The van der Waals surface area contributed by atoms with E-state index in [0.29, 0.717) is 12.0 Å². The molecular weight excluding hydrogens is 250 g/mol. The first-order valence-electron chi connectivity index (χ1n) is 7.64. The Bertz CT molecular complexity index is 387. The maximum atomic E-state index is 10.7. The van der Waals surface area contributed by atoms with Crippen LogP contribution < -0.4 is 0 Å². The fourth-order valence-corrected chi connectivity index (χ4v) is 3.19. The van der Waals surface area contributed by atoms with Crippen LogP contribution in [0.2, 0.25) is 0 Å². The maximum absolute atomic E-state index is 10.7. The lowest BCUT2D eigenvalue weighted by molar-refractivity contribution is 0.00501. The first-order valence-corrected chi connectivity index (χ1v) is 7.64. The average Bonchev–Trinajstić information content (AvgIpc) is 2.92. The zero-order valence-electron chi connectivity index (χ0n) is 12.8. The molecule has 0 amide bonds. The van der Waals surface area contributed by atoms with E-state index in [0.717, 1.165) is 31.6 Å². The van der Waals surface area contributed by atoms with E-state index in [9.17, 15) is 5.11 Å². The number of likely N-dealkylation sites (N-methyl/N-ethyl adjacent to an activating group) is 1. The molecule has 20 heavy (non-hydrogen) atoms. The van der Waals surface area contributed by atoms with E-state index in [-0.39, 0.29) is 6.04 Å². The zero-order chi connectivity index (χ0) is 14.5. The number of benzene rings is 1. The van der Waals surface area contributed by atoms with Gasteiger partial charge >= 0.3 is 0 Å². The third-order valence-electron chi connectivity index (χ3n) is 4.17. The molecule has 0 aliphatic carbocycles. The third-order valence-corrected chi connectivity index (χ3v) is 4.17. The second kappa shape index (κ2) is 7.21. The van der Waals surface area contributed by atoms with E-state index in [1.807, 2.05) is 30.3 Å². The van der Waals surface area contributed by atoms with E-state index in [1.165, 1.54) is 0 Å². The largest absolute Gasteiger partial charge is 0.387 e. The van der Waals surface area contributed by atoms with Crippen molar-refractivity contribution in [3.05, 3.63) is 35.9 Å². The summed E-state index contributed by atoms with van der Waals surface area (Å²) >= 11 is 0. The summed E-state index contributed by atoms with van der Waals surface area (Å²) in [7, 11) is 2.10. The number of rotatable bonds is 6. The number of nitrogens with zero attached hydrogens (tertiary/aromatic N) is 1. The summed E-state index contributed by atoms with van der Waals surface area (Å²) < 4.78 is 5.72. The molecule has 0 radical (unpaired) electrons. The quantitative estimate of drug-likeness (QED) is 0.868. The first kappa shape index (κ1) is 15.5. The Kier molecular flexibility index (Phi) is 5.58. The van der Waals surface area contributed by atoms with Crippen LogP contribution in [0.4, 0.5) is 0 Å². The van der Waals surface area contributed by atoms with Gasteiger partial charge in [-0.3, -0.25) is 4.90 Å². The summed E-state index contributed by atoms with van der Waals surface area (Å²) in [6, 6.07) is 10.1. The summed E-state index contributed by atoms with van der Waals surface area (Å²) in [4.78, 5) is 2.26. The van der Waals surface area contributed by atoms with E-state index in [2.05, 4.69) is 25.8 Å². The SMILES string of the molecule is CC(C)C(C(O)c1ccccc1)N(C)CC1CCCO1. The molecule has 1 saturated heterocycles. The summed E-state index contributed by atoms with van der Waals surface area (Å²) in [5.41, 5.74) is 0.991. The smallest absolute Gasteiger partial charge is 0.0947 e. The van der Waals surface area contributed by atoms with Crippen LogP contribution in [0.3, 0.4) is 0 Å². The number of aliphatic hydroxyl groups is 1. The predicted molar refractivity (Wildman–Crippen MR) is 81.6 cm³/mol. The lowest BCUT2D eigenvalue weighted by Gasteiger charge is -2.36. The summed E-state index contributed by atoms with van der Waals surface area (Å²) in [5, 5.41) is 10.7. The van der Waals surface area contributed by atoms with Gasteiger partial charge in [-0.1, -0.05) is 44.2 Å². The van der Waals surface area contributed by atoms with Crippen LogP contribution in [0.15, 0.2) is 30.3 Å². The molecule has 3 heteroatoms. The molecule has 1 N–H and O–H groups in total. The molecule has 1 aliphatic rings. The van der Waals surface area contributed by atoms with Gasteiger partial charge < -0.3 is 9.84 Å². The topological polar surface area (TPSA) is 32.7 Å². The fraction of sp³-hybridized carbons (Fsp3) is 0.647. The van der Waals surface area contributed by atoms with Gasteiger partial charge in [-0.2, -0.15) is 0 Å². The maximum Gasteiger partial charge on any atom is 0.0947 e. The molecular formula is C17H27NO2. The number of aliphatic hydroxyl groups excluding tert-OH is 1. The molecule has 0 spiro atoms. The predicted octanol–water partition coefficient (Wildman–Crippen LogP) is 2.86. The molecule has 3 atom stereocenters. The van der Waals surface area contributed by atoms with Crippen LogP contribution in [0.1, 0.15) is 38.4 Å². The molecule has 0 saturated carbocycles. The van der Waals surface area contributed by atoms with Gasteiger partial charge in [-0.05, 0) is 31.4 Å². The van der Waals surface area contributed by atoms with Gasteiger partial charge in [0.2, 0.25) is 0 Å². The van der Waals surface area contributed by atoms with Gasteiger partial charge in [-0.15, -0.1) is 0 Å². The molecule has 0 bridgehead atoms. The number of ether oxygens (including phenoxy) is 1. The van der Waals surface area contributed by atoms with Crippen molar-refractivity contribution in [2.24, 2.45) is 5.92 Å². The van der Waals surface area contributed by atoms with Crippen LogP contribution in [0.25, 0.3) is 0 Å². The van der Waals surface area contributed by atoms with Gasteiger partial charge in [0.1, 0.15) is 0 Å². The Morgan fingerprint density at radius 3 is 2.55 bits per heavy atom. The average molecular weight is 277 g/mol. The zero-order valence-corrected chi connectivity index (χ0v) is 12.8. The lowest BCUT2D eigenvalue weighted by atomic mass is 9.92. The van der Waals surface area contributed by atoms with Crippen molar-refractivity contribution >= 4 is 0 Å². The van der Waals surface area contributed by atoms with Gasteiger partial charge in [0.25, 0.3) is 0 Å². The molecule has 1 aromatic rings. The second-order valence-corrected chi connectivity index (χ2v) is 6.16. The third kappa shape index (κ3) is 3.81. The standard InChI is InChI=1S/C17H27NO2/c1-13(2)16(17(19)14-8-5-4-6-9-14)18(3)12-15-10-7-11-20-15/h4-6,8-9,13,15-17,19H,7,10-12H2,1-3H3. The van der Waals surface area contributed by atoms with Crippen LogP contribution in [-0.4, -0.2) is 42.4 Å². The van der Waals surface area contributed by atoms with E-state index in [1.54, 1.807) is 0 Å². The fourth-order valence-electron chi connectivity index (χ4n) is 3.19. The lowest BCUT2D eigenvalue weighted by Crippen LogP contribution is -2.44. The van der Waals surface area contributed by atoms with E-state index < -0.39 is 6.10 Å². The highest BCUT2D eigenvalue weighted by Crippen LogP contribution is 2.27. The van der Waals surface area contributed by atoms with E-state index in [4.69, 9.17) is 4.74 Å². The molecule has 1 aromatic carbocycles. The Hall–Kier alpha value is -0.900. The van der Waals surface area contributed by atoms with Crippen molar-refractivity contribution in [1.82, 2.24) is 4.90 Å². The molecule has 2 rings (SSSR count). The van der Waals surface area contributed by atoms with Crippen LogP contribution >= 0.6 is 0 Å².